The molecular weight excluding hydrogens is 190 g/mol. The van der Waals surface area contributed by atoms with Crippen molar-refractivity contribution in [2.45, 2.75) is 6.92 Å². The predicted molar refractivity (Wildman–Crippen MR) is 46.8 cm³/mol. The molecule has 74 valence electrons. The summed E-state index contributed by atoms with van der Waals surface area (Å²) in [4.78, 5) is 11.0. The summed E-state index contributed by atoms with van der Waals surface area (Å²) in [6.45, 7) is 4.73. The fourth-order valence-electron chi connectivity index (χ4n) is 0.750. The van der Waals surface area contributed by atoms with Crippen LogP contribution in [0.25, 0.3) is 0 Å². The van der Waals surface area contributed by atoms with Gasteiger partial charge in [0.1, 0.15) is 0 Å². The standard InChI is InChI=1S/C10H8F2O2/c1-6(2)10(13)14-8-5-3-4-7(11)9(8)12/h3-5H,1H2,2H3. The van der Waals surface area contributed by atoms with Crippen LogP contribution in [0.5, 0.6) is 5.75 Å². The second-order valence-corrected chi connectivity index (χ2v) is 2.72. The molecule has 2 nitrogen and oxygen atoms in total. The summed E-state index contributed by atoms with van der Waals surface area (Å²) in [5, 5.41) is 0. The Morgan fingerprint density at radius 1 is 1.43 bits per heavy atom. The molecule has 0 N–H and O–H groups in total. The normalized spacial score (nSPS) is 9.64. The van der Waals surface area contributed by atoms with E-state index in [4.69, 9.17) is 0 Å². The van der Waals surface area contributed by atoms with Gasteiger partial charge in [-0.05, 0) is 19.1 Å². The third-order valence-corrected chi connectivity index (χ3v) is 1.47. The highest BCUT2D eigenvalue weighted by atomic mass is 19.2. The predicted octanol–water partition coefficient (Wildman–Crippen LogP) is 2.45. The van der Waals surface area contributed by atoms with Crippen LogP contribution < -0.4 is 4.74 Å². The zero-order chi connectivity index (χ0) is 10.7. The number of benzene rings is 1. The van der Waals surface area contributed by atoms with Crippen LogP contribution in [0.15, 0.2) is 30.4 Å². The fourth-order valence-corrected chi connectivity index (χ4v) is 0.750. The molecule has 4 heteroatoms. The van der Waals surface area contributed by atoms with Gasteiger partial charge in [0.25, 0.3) is 0 Å². The summed E-state index contributed by atoms with van der Waals surface area (Å²) in [7, 11) is 0. The van der Waals surface area contributed by atoms with Crippen LogP contribution in [-0.2, 0) is 4.79 Å². The van der Waals surface area contributed by atoms with Crippen molar-refractivity contribution in [1.82, 2.24) is 0 Å². The molecule has 0 aliphatic rings. The van der Waals surface area contributed by atoms with Crippen molar-refractivity contribution in [2.75, 3.05) is 0 Å². The number of carbonyl (C=O) groups excluding carboxylic acids is 1. The molecule has 0 bridgehead atoms. The van der Waals surface area contributed by atoms with Crippen molar-refractivity contribution >= 4 is 5.97 Å². The van der Waals surface area contributed by atoms with E-state index in [1.807, 2.05) is 0 Å². The Morgan fingerprint density at radius 2 is 2.07 bits per heavy atom. The Hall–Kier alpha value is -1.71. The first-order chi connectivity index (χ1) is 6.52. The minimum atomic E-state index is -1.18. The van der Waals surface area contributed by atoms with Crippen LogP contribution in [-0.4, -0.2) is 5.97 Å². The lowest BCUT2D eigenvalue weighted by molar-refractivity contribution is -0.130. The van der Waals surface area contributed by atoms with Gasteiger partial charge in [0.2, 0.25) is 5.82 Å². The molecule has 0 saturated heterocycles. The maximum Gasteiger partial charge on any atom is 0.338 e. The van der Waals surface area contributed by atoms with E-state index in [1.54, 1.807) is 0 Å². The molecule has 0 amide bonds. The number of carbonyl (C=O) groups is 1. The van der Waals surface area contributed by atoms with Crippen molar-refractivity contribution in [3.8, 4) is 5.75 Å². The topological polar surface area (TPSA) is 26.3 Å². The molecule has 1 aromatic carbocycles. The van der Waals surface area contributed by atoms with Gasteiger partial charge in [-0.15, -0.1) is 0 Å². The number of hydrogen-bond acceptors (Lipinski definition) is 2. The summed E-state index contributed by atoms with van der Waals surface area (Å²) in [5.41, 5.74) is 0.119. The van der Waals surface area contributed by atoms with E-state index in [0.29, 0.717) is 0 Å². The minimum Gasteiger partial charge on any atom is -0.420 e. The maximum atomic E-state index is 12.9. The van der Waals surface area contributed by atoms with Gasteiger partial charge in [-0.25, -0.2) is 9.18 Å². The van der Waals surface area contributed by atoms with E-state index < -0.39 is 23.4 Å². The highest BCUT2D eigenvalue weighted by molar-refractivity contribution is 5.88. The molecule has 0 spiro atoms. The lowest BCUT2D eigenvalue weighted by Gasteiger charge is -2.04. The Kier molecular flexibility index (Phi) is 2.96. The zero-order valence-corrected chi connectivity index (χ0v) is 7.51. The lowest BCUT2D eigenvalue weighted by atomic mass is 10.3. The van der Waals surface area contributed by atoms with Gasteiger partial charge in [0, 0.05) is 5.57 Å². The second kappa shape index (κ2) is 4.00. The molecular formula is C10H8F2O2. The Balaban J connectivity index is 2.93. The highest BCUT2D eigenvalue weighted by Crippen LogP contribution is 2.19. The van der Waals surface area contributed by atoms with Gasteiger partial charge >= 0.3 is 5.97 Å². The number of hydrogen-bond donors (Lipinski definition) is 0. The SMILES string of the molecule is C=C(C)C(=O)Oc1cccc(F)c1F. The quantitative estimate of drug-likeness (QED) is 0.414. The lowest BCUT2D eigenvalue weighted by Crippen LogP contribution is -2.09. The van der Waals surface area contributed by atoms with Gasteiger partial charge in [0.15, 0.2) is 11.6 Å². The first-order valence-corrected chi connectivity index (χ1v) is 3.84. The average molecular weight is 198 g/mol. The molecule has 0 fully saturated rings. The van der Waals surface area contributed by atoms with Crippen LogP contribution in [0.3, 0.4) is 0 Å². The summed E-state index contributed by atoms with van der Waals surface area (Å²) >= 11 is 0. The summed E-state index contributed by atoms with van der Waals surface area (Å²) in [6.07, 6.45) is 0. The van der Waals surface area contributed by atoms with Crippen LogP contribution in [0, 0.1) is 11.6 Å². The molecule has 0 atom stereocenters. The van der Waals surface area contributed by atoms with Gasteiger partial charge in [-0.2, -0.15) is 4.39 Å². The van der Waals surface area contributed by atoms with E-state index in [9.17, 15) is 13.6 Å². The molecule has 0 unspecified atom stereocenters. The number of halogens is 2. The third-order valence-electron chi connectivity index (χ3n) is 1.47. The van der Waals surface area contributed by atoms with Crippen LogP contribution in [0.2, 0.25) is 0 Å². The molecule has 0 aromatic heterocycles. The van der Waals surface area contributed by atoms with E-state index in [2.05, 4.69) is 11.3 Å². The van der Waals surface area contributed by atoms with Crippen LogP contribution in [0.1, 0.15) is 6.92 Å². The second-order valence-electron chi connectivity index (χ2n) is 2.72. The maximum absolute atomic E-state index is 12.9. The van der Waals surface area contributed by atoms with Crippen LogP contribution in [0.4, 0.5) is 8.78 Å². The van der Waals surface area contributed by atoms with Crippen molar-refractivity contribution in [3.05, 3.63) is 42.0 Å². The first kappa shape index (κ1) is 10.4. The van der Waals surface area contributed by atoms with Gasteiger partial charge in [0.05, 0.1) is 0 Å². The molecule has 0 aliphatic heterocycles. The summed E-state index contributed by atoms with van der Waals surface area (Å²) in [6, 6.07) is 3.35. The van der Waals surface area contributed by atoms with Gasteiger partial charge < -0.3 is 4.74 Å². The smallest absolute Gasteiger partial charge is 0.338 e. The van der Waals surface area contributed by atoms with E-state index in [1.165, 1.54) is 19.1 Å². The molecule has 1 rings (SSSR count). The average Bonchev–Trinajstić information content (AvgIpc) is 2.12. The van der Waals surface area contributed by atoms with E-state index in [0.717, 1.165) is 6.07 Å². The van der Waals surface area contributed by atoms with Crippen molar-refractivity contribution < 1.29 is 18.3 Å². The minimum absolute atomic E-state index is 0.119. The van der Waals surface area contributed by atoms with Crippen LogP contribution >= 0.6 is 0 Å². The monoisotopic (exact) mass is 198 g/mol. The van der Waals surface area contributed by atoms with E-state index >= 15 is 0 Å². The molecule has 1 aromatic rings. The molecule has 0 saturated carbocycles. The number of rotatable bonds is 2. The Labute approximate surface area is 79.8 Å². The number of ether oxygens (including phenoxy) is 1. The van der Waals surface area contributed by atoms with Gasteiger partial charge in [-0.3, -0.25) is 0 Å². The highest BCUT2D eigenvalue weighted by Gasteiger charge is 2.12. The van der Waals surface area contributed by atoms with Gasteiger partial charge in [-0.1, -0.05) is 12.6 Å². The molecule has 0 radical (unpaired) electrons. The summed E-state index contributed by atoms with van der Waals surface area (Å²) in [5.74, 6) is -3.45. The molecule has 14 heavy (non-hydrogen) atoms. The Bertz CT molecular complexity index is 386. The largest absolute Gasteiger partial charge is 0.420 e. The zero-order valence-electron chi connectivity index (χ0n) is 7.51. The third kappa shape index (κ3) is 2.16. The number of esters is 1. The van der Waals surface area contributed by atoms with Crippen molar-refractivity contribution in [3.63, 3.8) is 0 Å². The first-order valence-electron chi connectivity index (χ1n) is 3.84. The van der Waals surface area contributed by atoms with Crippen molar-refractivity contribution in [2.24, 2.45) is 0 Å². The molecule has 0 aliphatic carbocycles. The van der Waals surface area contributed by atoms with E-state index in [-0.39, 0.29) is 5.57 Å². The Morgan fingerprint density at radius 3 is 2.64 bits per heavy atom. The van der Waals surface area contributed by atoms with Crippen molar-refractivity contribution in [1.29, 1.82) is 0 Å². The fraction of sp³-hybridized carbons (Fsp3) is 0.100. The molecule has 0 heterocycles. The summed E-state index contributed by atoms with van der Waals surface area (Å²) < 4.78 is 30.1.